The molecular formula is C26H20N4O2S. The summed E-state index contributed by atoms with van der Waals surface area (Å²) in [6, 6.07) is 21.0. The number of amides is 2. The van der Waals surface area contributed by atoms with Crippen LogP contribution in [-0.4, -0.2) is 26.5 Å². The summed E-state index contributed by atoms with van der Waals surface area (Å²) in [4.78, 5) is 31.7. The van der Waals surface area contributed by atoms with E-state index in [-0.39, 0.29) is 10.7 Å². The van der Waals surface area contributed by atoms with E-state index in [1.807, 2.05) is 62.4 Å². The van der Waals surface area contributed by atoms with Crippen molar-refractivity contribution in [3.8, 4) is 5.69 Å². The maximum atomic E-state index is 13.3. The van der Waals surface area contributed by atoms with E-state index in [0.717, 1.165) is 33.5 Å². The molecule has 1 aliphatic rings. The number of anilines is 1. The minimum absolute atomic E-state index is 0.0374. The number of fused-ring (bicyclic) bond motifs is 1. The molecule has 33 heavy (non-hydrogen) atoms. The van der Waals surface area contributed by atoms with Crippen molar-refractivity contribution in [2.24, 2.45) is 0 Å². The first-order chi connectivity index (χ1) is 15.9. The average molecular weight is 453 g/mol. The minimum Gasteiger partial charge on any atom is -0.318 e. The van der Waals surface area contributed by atoms with Gasteiger partial charge in [-0.1, -0.05) is 24.3 Å². The van der Waals surface area contributed by atoms with Gasteiger partial charge >= 0.3 is 0 Å². The molecule has 0 unspecified atom stereocenters. The number of hydrogen-bond acceptors (Lipinski definition) is 4. The maximum Gasteiger partial charge on any atom is 0.270 e. The summed E-state index contributed by atoms with van der Waals surface area (Å²) in [5, 5.41) is 3.75. The second-order valence-corrected chi connectivity index (χ2v) is 8.22. The molecule has 162 valence electrons. The zero-order chi connectivity index (χ0) is 23.1. The van der Waals surface area contributed by atoms with Crippen LogP contribution in [0.1, 0.15) is 17.0 Å². The first kappa shape index (κ1) is 20.8. The summed E-state index contributed by atoms with van der Waals surface area (Å²) in [6.45, 7) is 3.97. The zero-order valence-electron chi connectivity index (χ0n) is 18.1. The Morgan fingerprint density at radius 1 is 0.939 bits per heavy atom. The van der Waals surface area contributed by atoms with E-state index in [0.29, 0.717) is 5.69 Å². The van der Waals surface area contributed by atoms with E-state index < -0.39 is 11.8 Å². The zero-order valence-corrected chi connectivity index (χ0v) is 18.9. The van der Waals surface area contributed by atoms with E-state index in [1.54, 1.807) is 24.4 Å². The van der Waals surface area contributed by atoms with Crippen LogP contribution in [0.2, 0.25) is 0 Å². The number of aryl methyl sites for hydroxylation is 1. The number of nitrogens with zero attached hydrogens (tertiary/aromatic N) is 3. The predicted octanol–water partition coefficient (Wildman–Crippen LogP) is 4.47. The van der Waals surface area contributed by atoms with E-state index in [4.69, 9.17) is 12.2 Å². The second-order valence-electron chi connectivity index (χ2n) is 7.84. The van der Waals surface area contributed by atoms with Gasteiger partial charge in [0.25, 0.3) is 11.8 Å². The lowest BCUT2D eigenvalue weighted by Crippen LogP contribution is -2.54. The van der Waals surface area contributed by atoms with Gasteiger partial charge in [0.05, 0.1) is 11.2 Å². The van der Waals surface area contributed by atoms with E-state index in [9.17, 15) is 9.59 Å². The third-order valence-electron chi connectivity index (χ3n) is 5.73. The fourth-order valence-corrected chi connectivity index (χ4v) is 4.44. The summed E-state index contributed by atoms with van der Waals surface area (Å²) in [7, 11) is 0. The van der Waals surface area contributed by atoms with E-state index in [2.05, 4.69) is 20.9 Å². The molecule has 2 aromatic carbocycles. The number of benzene rings is 2. The fraction of sp³-hybridized carbons (Fsp3) is 0.0769. The van der Waals surface area contributed by atoms with Gasteiger partial charge in [-0.25, -0.2) is 0 Å². The standard InChI is InChI=1S/C26H20N4O2S/c1-16-13-19(17(2)29(16)21-10-11-23-18(14-21)7-6-12-27-23)15-22-24(31)28-26(33)30(25(22)32)20-8-4-3-5-9-20/h3-15H,1-2H3,(H,28,31,33)/b22-15-. The van der Waals surface area contributed by atoms with Crippen molar-refractivity contribution in [2.45, 2.75) is 13.8 Å². The van der Waals surface area contributed by atoms with Crippen LogP contribution < -0.4 is 10.2 Å². The molecule has 1 saturated heterocycles. The Hall–Kier alpha value is -4.10. The van der Waals surface area contributed by atoms with Crippen LogP contribution >= 0.6 is 12.2 Å². The lowest BCUT2D eigenvalue weighted by Gasteiger charge is -2.28. The summed E-state index contributed by atoms with van der Waals surface area (Å²) in [5.41, 5.74) is 5.25. The fourth-order valence-electron chi connectivity index (χ4n) is 4.16. The van der Waals surface area contributed by atoms with Crippen molar-refractivity contribution in [3.05, 3.63) is 95.5 Å². The van der Waals surface area contributed by atoms with Crippen molar-refractivity contribution in [3.63, 3.8) is 0 Å². The Kier molecular flexibility index (Phi) is 5.11. The molecular weight excluding hydrogens is 432 g/mol. The molecule has 4 aromatic rings. The van der Waals surface area contributed by atoms with E-state index >= 15 is 0 Å². The summed E-state index contributed by atoms with van der Waals surface area (Å²) >= 11 is 5.27. The highest BCUT2D eigenvalue weighted by atomic mass is 32.1. The Labute approximate surface area is 196 Å². The highest BCUT2D eigenvalue weighted by Crippen LogP contribution is 2.27. The maximum absolute atomic E-state index is 13.3. The molecule has 0 atom stereocenters. The highest BCUT2D eigenvalue weighted by molar-refractivity contribution is 7.80. The van der Waals surface area contributed by atoms with Gasteiger partial charge in [0.2, 0.25) is 0 Å². The molecule has 1 aliphatic heterocycles. The number of rotatable bonds is 3. The number of pyridine rings is 1. The van der Waals surface area contributed by atoms with Crippen molar-refractivity contribution >= 4 is 51.8 Å². The van der Waals surface area contributed by atoms with Gasteiger partial charge in [-0.15, -0.1) is 0 Å². The molecule has 1 N–H and O–H groups in total. The topological polar surface area (TPSA) is 67.2 Å². The molecule has 2 amide bonds. The van der Waals surface area contributed by atoms with Crippen LogP contribution in [0.25, 0.3) is 22.7 Å². The number of thiocarbonyl (C=S) groups is 1. The number of para-hydroxylation sites is 1. The van der Waals surface area contributed by atoms with Crippen LogP contribution in [0, 0.1) is 13.8 Å². The number of hydrogen-bond donors (Lipinski definition) is 1. The van der Waals surface area contributed by atoms with Crippen molar-refractivity contribution in [1.29, 1.82) is 0 Å². The predicted molar refractivity (Wildman–Crippen MR) is 133 cm³/mol. The number of nitrogens with one attached hydrogen (secondary N) is 1. The van der Waals surface area contributed by atoms with Gasteiger partial charge < -0.3 is 4.57 Å². The molecule has 0 spiro atoms. The SMILES string of the molecule is Cc1cc(/C=C2/C(=O)NC(=S)N(c3ccccc3)C2=O)c(C)n1-c1ccc2ncccc2c1. The molecule has 6 nitrogen and oxygen atoms in total. The Morgan fingerprint density at radius 3 is 2.52 bits per heavy atom. The number of carbonyl (C=O) groups is 2. The Morgan fingerprint density at radius 2 is 1.73 bits per heavy atom. The van der Waals surface area contributed by atoms with Gasteiger partial charge in [0.15, 0.2) is 5.11 Å². The van der Waals surface area contributed by atoms with Gasteiger partial charge in [-0.3, -0.25) is 24.8 Å². The molecule has 0 radical (unpaired) electrons. The van der Waals surface area contributed by atoms with E-state index in [1.165, 1.54) is 4.90 Å². The van der Waals surface area contributed by atoms with Gasteiger partial charge in [-0.2, -0.15) is 0 Å². The third kappa shape index (κ3) is 3.62. The molecule has 5 rings (SSSR count). The molecule has 0 saturated carbocycles. The highest BCUT2D eigenvalue weighted by Gasteiger charge is 2.34. The minimum atomic E-state index is -0.501. The summed E-state index contributed by atoms with van der Waals surface area (Å²) in [6.07, 6.45) is 3.41. The first-order valence-corrected chi connectivity index (χ1v) is 10.9. The smallest absolute Gasteiger partial charge is 0.270 e. The van der Waals surface area contributed by atoms with Crippen LogP contribution in [-0.2, 0) is 9.59 Å². The monoisotopic (exact) mass is 452 g/mol. The third-order valence-corrected chi connectivity index (χ3v) is 6.02. The summed E-state index contributed by atoms with van der Waals surface area (Å²) in [5.74, 6) is -0.949. The van der Waals surface area contributed by atoms with Crippen LogP contribution in [0.15, 0.2) is 78.5 Å². The average Bonchev–Trinajstić information content (AvgIpc) is 3.09. The lowest BCUT2D eigenvalue weighted by atomic mass is 10.1. The molecule has 1 fully saturated rings. The molecule has 0 aliphatic carbocycles. The Balaban J connectivity index is 1.57. The largest absolute Gasteiger partial charge is 0.318 e. The summed E-state index contributed by atoms with van der Waals surface area (Å²) < 4.78 is 2.10. The van der Waals surface area contributed by atoms with Crippen LogP contribution in [0.4, 0.5) is 5.69 Å². The second kappa shape index (κ2) is 8.11. The lowest BCUT2D eigenvalue weighted by molar-refractivity contribution is -0.122. The first-order valence-electron chi connectivity index (χ1n) is 10.4. The quantitative estimate of drug-likeness (QED) is 0.283. The molecule has 2 aromatic heterocycles. The molecule has 0 bridgehead atoms. The van der Waals surface area contributed by atoms with Crippen molar-refractivity contribution in [2.75, 3.05) is 4.90 Å². The van der Waals surface area contributed by atoms with Gasteiger partial charge in [-0.05, 0) is 80.2 Å². The molecule has 3 heterocycles. The number of aromatic nitrogens is 2. The van der Waals surface area contributed by atoms with Crippen LogP contribution in [0.3, 0.4) is 0 Å². The van der Waals surface area contributed by atoms with Crippen LogP contribution in [0.5, 0.6) is 0 Å². The molecule has 7 heteroatoms. The van der Waals surface area contributed by atoms with Crippen molar-refractivity contribution in [1.82, 2.24) is 14.9 Å². The normalized spacial score (nSPS) is 15.4. The van der Waals surface area contributed by atoms with Gasteiger partial charge in [0, 0.05) is 28.7 Å². The number of carbonyl (C=O) groups excluding carboxylic acids is 2. The van der Waals surface area contributed by atoms with Gasteiger partial charge in [0.1, 0.15) is 5.57 Å². The Bertz CT molecular complexity index is 1470. The van der Waals surface area contributed by atoms with Crippen molar-refractivity contribution < 1.29 is 9.59 Å².